The Balaban J connectivity index is 1.49. The van der Waals surface area contributed by atoms with Crippen molar-refractivity contribution in [2.24, 2.45) is 5.16 Å². The Morgan fingerprint density at radius 3 is 2.30 bits per heavy atom. The van der Waals surface area contributed by atoms with Crippen LogP contribution in [0.5, 0.6) is 11.5 Å². The molecule has 10 heteroatoms. The quantitative estimate of drug-likeness (QED) is 0.281. The second-order valence-electron chi connectivity index (χ2n) is 8.96. The summed E-state index contributed by atoms with van der Waals surface area (Å²) in [5.41, 5.74) is 2.20. The zero-order chi connectivity index (χ0) is 28.3. The van der Waals surface area contributed by atoms with Gasteiger partial charge < -0.3 is 28.8 Å². The number of nitrogens with zero attached hydrogens (tertiary/aromatic N) is 3. The molecule has 0 N–H and O–H groups in total. The van der Waals surface area contributed by atoms with E-state index in [-0.39, 0.29) is 18.1 Å². The van der Waals surface area contributed by atoms with E-state index >= 15 is 0 Å². The van der Waals surface area contributed by atoms with Gasteiger partial charge in [0.05, 0.1) is 6.61 Å². The number of halogens is 1. The van der Waals surface area contributed by atoms with Crippen LogP contribution in [0.15, 0.2) is 82.0 Å². The summed E-state index contributed by atoms with van der Waals surface area (Å²) in [6.07, 6.45) is 6.72. The van der Waals surface area contributed by atoms with E-state index in [0.717, 1.165) is 15.6 Å². The van der Waals surface area contributed by atoms with Gasteiger partial charge in [-0.25, -0.2) is 4.79 Å². The third-order valence-corrected chi connectivity index (χ3v) is 6.64. The summed E-state index contributed by atoms with van der Waals surface area (Å²) in [7, 11) is 0. The zero-order valence-electron chi connectivity index (χ0n) is 22.5. The standard InChI is InChI=1S/C30H32BrN3O6/c1-3-37-30(36)34-15-13-33(14-16-34)29(35)24-17-27(38-21-23-5-9-25(31)10-6-23)19-28(18-24)40-26-11-7-22(8-12-26)20-32-39-4-2/h5-12,17-19,26H,3-4,13-16,21H2,1-2H3. The molecular weight excluding hydrogens is 578 g/mol. The molecule has 1 heterocycles. The molecule has 0 radical (unpaired) electrons. The number of amides is 2. The number of ether oxygens (including phenoxy) is 3. The highest BCUT2D eigenvalue weighted by Gasteiger charge is 2.26. The molecule has 1 saturated heterocycles. The normalized spacial score (nSPS) is 16.3. The summed E-state index contributed by atoms with van der Waals surface area (Å²) in [5.74, 6) is 3.67. The van der Waals surface area contributed by atoms with Gasteiger partial charge in [0.1, 0.15) is 30.8 Å². The maximum atomic E-state index is 13.5. The van der Waals surface area contributed by atoms with Crippen LogP contribution in [0, 0.1) is 0 Å². The molecule has 0 atom stereocenters. The molecule has 0 bridgehead atoms. The number of carbonyl (C=O) groups is 2. The van der Waals surface area contributed by atoms with E-state index in [0.29, 0.717) is 63.1 Å². The van der Waals surface area contributed by atoms with Crippen molar-refractivity contribution in [3.05, 3.63) is 87.9 Å². The Morgan fingerprint density at radius 2 is 1.62 bits per heavy atom. The third-order valence-electron chi connectivity index (χ3n) is 6.11. The van der Waals surface area contributed by atoms with Crippen molar-refractivity contribution in [2.45, 2.75) is 26.6 Å². The Hall–Kier alpha value is -4.01. The highest BCUT2D eigenvalue weighted by molar-refractivity contribution is 9.10. The molecule has 0 spiro atoms. The predicted octanol–water partition coefficient (Wildman–Crippen LogP) is 5.36. The minimum absolute atomic E-state index is 0.158. The van der Waals surface area contributed by atoms with E-state index in [1.54, 1.807) is 34.9 Å². The van der Waals surface area contributed by atoms with Crippen LogP contribution in [0.4, 0.5) is 4.79 Å². The first-order chi connectivity index (χ1) is 19.4. The molecule has 1 aliphatic heterocycles. The molecule has 2 aromatic carbocycles. The Labute approximate surface area is 242 Å². The molecule has 1 fully saturated rings. The minimum Gasteiger partial charge on any atom is -0.489 e. The van der Waals surface area contributed by atoms with E-state index in [1.807, 2.05) is 55.5 Å². The monoisotopic (exact) mass is 609 g/mol. The Kier molecular flexibility index (Phi) is 10.4. The van der Waals surface area contributed by atoms with Crippen LogP contribution < -0.4 is 9.47 Å². The van der Waals surface area contributed by atoms with Crippen molar-refractivity contribution in [1.82, 2.24) is 9.80 Å². The summed E-state index contributed by atoms with van der Waals surface area (Å²) in [6, 6.07) is 13.1. The minimum atomic E-state index is -0.357. The predicted molar refractivity (Wildman–Crippen MR) is 155 cm³/mol. The van der Waals surface area contributed by atoms with Crippen LogP contribution in [-0.2, 0) is 16.2 Å². The Bertz CT molecular complexity index is 1290. The molecule has 0 unspecified atom stereocenters. The number of hydrogen-bond acceptors (Lipinski definition) is 7. The van der Waals surface area contributed by atoms with Crippen LogP contribution in [0.2, 0.25) is 0 Å². The van der Waals surface area contributed by atoms with Gasteiger partial charge >= 0.3 is 6.09 Å². The molecule has 2 amide bonds. The fraction of sp³-hybridized carbons (Fsp3) is 0.333. The molecule has 1 aliphatic carbocycles. The van der Waals surface area contributed by atoms with Crippen LogP contribution in [0.25, 0.3) is 0 Å². The topological polar surface area (TPSA) is 89.9 Å². The fourth-order valence-corrected chi connectivity index (χ4v) is 4.32. The number of benzene rings is 2. The van der Waals surface area contributed by atoms with Crippen molar-refractivity contribution in [3.63, 3.8) is 0 Å². The molecule has 210 valence electrons. The van der Waals surface area contributed by atoms with Crippen molar-refractivity contribution >= 4 is 33.8 Å². The van der Waals surface area contributed by atoms with Gasteiger partial charge in [-0.05, 0) is 73.1 Å². The summed E-state index contributed by atoms with van der Waals surface area (Å²) in [4.78, 5) is 33.8. The lowest BCUT2D eigenvalue weighted by atomic mass is 10.1. The van der Waals surface area contributed by atoms with Gasteiger partial charge in [0, 0.05) is 53.7 Å². The number of hydrogen-bond donors (Lipinski definition) is 0. The van der Waals surface area contributed by atoms with Crippen LogP contribution >= 0.6 is 15.9 Å². The van der Waals surface area contributed by atoms with Gasteiger partial charge in [-0.15, -0.1) is 0 Å². The molecule has 0 saturated carbocycles. The van der Waals surface area contributed by atoms with E-state index in [4.69, 9.17) is 19.0 Å². The average molecular weight is 611 g/mol. The molecule has 2 aromatic rings. The highest BCUT2D eigenvalue weighted by Crippen LogP contribution is 2.27. The van der Waals surface area contributed by atoms with Crippen molar-refractivity contribution in [2.75, 3.05) is 39.4 Å². The fourth-order valence-electron chi connectivity index (χ4n) is 4.06. The second-order valence-corrected chi connectivity index (χ2v) is 9.88. The molecule has 40 heavy (non-hydrogen) atoms. The first-order valence-electron chi connectivity index (χ1n) is 13.2. The summed E-state index contributed by atoms with van der Waals surface area (Å²) < 4.78 is 18.3. The maximum Gasteiger partial charge on any atom is 0.409 e. The van der Waals surface area contributed by atoms with Gasteiger partial charge in [0.15, 0.2) is 0 Å². The molecule has 9 nitrogen and oxygen atoms in total. The lowest BCUT2D eigenvalue weighted by Gasteiger charge is -2.34. The molecule has 4 rings (SSSR count). The second kappa shape index (κ2) is 14.4. The lowest BCUT2D eigenvalue weighted by molar-refractivity contribution is 0.0570. The van der Waals surface area contributed by atoms with Gasteiger partial charge in [-0.2, -0.15) is 0 Å². The summed E-state index contributed by atoms with van der Waals surface area (Å²) in [6.45, 7) is 6.38. The first-order valence-corrected chi connectivity index (χ1v) is 14.0. The van der Waals surface area contributed by atoms with Crippen LogP contribution in [-0.4, -0.2) is 73.2 Å². The smallest absolute Gasteiger partial charge is 0.409 e. The van der Waals surface area contributed by atoms with E-state index < -0.39 is 0 Å². The SMILES string of the molecule is CCON=C=C1C=CC(Oc2cc(OCc3ccc(Br)cc3)cc(C(=O)N3CCN(C(=O)OCC)CC3)c2)C=C1. The number of rotatable bonds is 9. The number of allylic oxidation sites excluding steroid dienone is 3. The average Bonchev–Trinajstić information content (AvgIpc) is 2.97. The third kappa shape index (κ3) is 8.24. The van der Waals surface area contributed by atoms with Crippen molar-refractivity contribution in [3.8, 4) is 11.5 Å². The van der Waals surface area contributed by atoms with Crippen LogP contribution in [0.3, 0.4) is 0 Å². The van der Waals surface area contributed by atoms with E-state index in [2.05, 4.69) is 27.0 Å². The first kappa shape index (κ1) is 29.0. The lowest BCUT2D eigenvalue weighted by Crippen LogP contribution is -2.50. The van der Waals surface area contributed by atoms with E-state index in [1.165, 1.54) is 0 Å². The van der Waals surface area contributed by atoms with Gasteiger partial charge in [0.25, 0.3) is 5.91 Å². The molecule has 0 aromatic heterocycles. The number of carbonyl (C=O) groups excluding carboxylic acids is 2. The highest BCUT2D eigenvalue weighted by atomic mass is 79.9. The van der Waals surface area contributed by atoms with Gasteiger partial charge in [-0.3, -0.25) is 4.79 Å². The van der Waals surface area contributed by atoms with Gasteiger partial charge in [-0.1, -0.05) is 28.1 Å². The molecular formula is C30H32BrN3O6. The zero-order valence-corrected chi connectivity index (χ0v) is 24.1. The van der Waals surface area contributed by atoms with Gasteiger partial charge in [0.2, 0.25) is 0 Å². The summed E-state index contributed by atoms with van der Waals surface area (Å²) in [5, 5.41) is 3.76. The van der Waals surface area contributed by atoms with Crippen LogP contribution in [0.1, 0.15) is 29.8 Å². The number of piperazine rings is 1. The Morgan fingerprint density at radius 1 is 0.950 bits per heavy atom. The van der Waals surface area contributed by atoms with E-state index in [9.17, 15) is 9.59 Å². The van der Waals surface area contributed by atoms with Crippen molar-refractivity contribution < 1.29 is 28.6 Å². The maximum absolute atomic E-state index is 13.5. The largest absolute Gasteiger partial charge is 0.489 e. The van der Waals surface area contributed by atoms with Crippen molar-refractivity contribution in [1.29, 1.82) is 0 Å². The summed E-state index contributed by atoms with van der Waals surface area (Å²) >= 11 is 3.44. The molecule has 2 aliphatic rings.